The third kappa shape index (κ3) is 2.01. The summed E-state index contributed by atoms with van der Waals surface area (Å²) in [4.78, 5) is 37.4. The van der Waals surface area contributed by atoms with Crippen LogP contribution in [-0.4, -0.2) is 30.4 Å². The van der Waals surface area contributed by atoms with Crippen molar-refractivity contribution in [2.45, 2.75) is 45.1 Å². The normalized spacial score (nSPS) is 38.6. The number of ketones is 1. The number of hydrogen-bond acceptors (Lipinski definition) is 6. The second-order valence-corrected chi connectivity index (χ2v) is 8.71. The smallest absolute Gasteiger partial charge is 0.334 e. The minimum atomic E-state index is -0.644. The number of hydrogen-bond donors (Lipinski definition) is 0. The number of carbonyl (C=O) groups is 3. The van der Waals surface area contributed by atoms with Crippen molar-refractivity contribution in [3.63, 3.8) is 0 Å². The van der Waals surface area contributed by atoms with E-state index in [9.17, 15) is 14.4 Å². The molecule has 2 heterocycles. The average Bonchev–Trinajstić information content (AvgIpc) is 3.21. The maximum absolute atomic E-state index is 13.1. The second kappa shape index (κ2) is 5.46. The third-order valence-electron chi connectivity index (χ3n) is 7.32. The van der Waals surface area contributed by atoms with Crippen molar-refractivity contribution in [2.75, 3.05) is 6.61 Å². The highest BCUT2D eigenvalue weighted by Crippen LogP contribution is 2.68. The molecule has 1 aromatic heterocycles. The zero-order valence-electron chi connectivity index (χ0n) is 15.9. The molecule has 5 rings (SSSR count). The molecule has 0 amide bonds. The van der Waals surface area contributed by atoms with Gasteiger partial charge in [0.05, 0.1) is 11.8 Å². The maximum atomic E-state index is 13.1. The number of carbonyl (C=O) groups excluding carboxylic acids is 3. The Hall–Kier alpha value is -2.63. The van der Waals surface area contributed by atoms with E-state index in [1.807, 2.05) is 13.0 Å². The molecule has 0 bridgehead atoms. The number of cyclic esters (lactones) is 1. The van der Waals surface area contributed by atoms with Crippen molar-refractivity contribution in [1.29, 1.82) is 0 Å². The van der Waals surface area contributed by atoms with Crippen LogP contribution in [0.5, 0.6) is 0 Å². The van der Waals surface area contributed by atoms with Gasteiger partial charge >= 0.3 is 11.9 Å². The Morgan fingerprint density at radius 1 is 1.36 bits per heavy atom. The number of ether oxygens (including phenoxy) is 2. The fourth-order valence-electron chi connectivity index (χ4n) is 6.30. The number of furan rings is 1. The van der Waals surface area contributed by atoms with Crippen molar-refractivity contribution in [1.82, 2.24) is 0 Å². The number of allylic oxidation sites excluding steroid dienone is 1. The van der Waals surface area contributed by atoms with E-state index in [-0.39, 0.29) is 36.6 Å². The number of esters is 2. The standard InChI is InChI=1S/C22H22O6/c1-11-17(28-12(2)23)9-22-10-27-20(25)15(22)5-4-14-18-13(6-7-26-18)16(24)8-21(11,3)19(14)22/h5-7,14,17,19H,1,4,8-10H2,2-3H3. The summed E-state index contributed by atoms with van der Waals surface area (Å²) in [5.41, 5.74) is 0.726. The summed E-state index contributed by atoms with van der Waals surface area (Å²) in [7, 11) is 0. The van der Waals surface area contributed by atoms with Crippen LogP contribution in [0.25, 0.3) is 0 Å². The van der Waals surface area contributed by atoms with Gasteiger partial charge in [-0.3, -0.25) is 9.59 Å². The summed E-state index contributed by atoms with van der Waals surface area (Å²) < 4.78 is 16.9. The first-order valence-electron chi connectivity index (χ1n) is 9.63. The van der Waals surface area contributed by atoms with Gasteiger partial charge in [0.1, 0.15) is 18.5 Å². The van der Waals surface area contributed by atoms with Crippen molar-refractivity contribution < 1.29 is 28.3 Å². The Bertz CT molecular complexity index is 967. The lowest BCUT2D eigenvalue weighted by molar-refractivity contribution is -0.151. The minimum Gasteiger partial charge on any atom is -0.468 e. The van der Waals surface area contributed by atoms with E-state index in [0.717, 1.165) is 5.57 Å². The average molecular weight is 382 g/mol. The van der Waals surface area contributed by atoms with Gasteiger partial charge in [-0.05, 0) is 24.0 Å². The summed E-state index contributed by atoms with van der Waals surface area (Å²) in [6.07, 6.45) is 4.20. The lowest BCUT2D eigenvalue weighted by atomic mass is 9.45. The molecule has 28 heavy (non-hydrogen) atoms. The first kappa shape index (κ1) is 17.5. The quantitative estimate of drug-likeness (QED) is 0.547. The number of Topliss-reactive ketones (excluding diaryl/α,β-unsaturated/α-hetero) is 1. The van der Waals surface area contributed by atoms with E-state index >= 15 is 0 Å². The van der Waals surface area contributed by atoms with Gasteiger partial charge in [0, 0.05) is 42.1 Å². The molecule has 5 atom stereocenters. The van der Waals surface area contributed by atoms with Crippen LogP contribution in [0.15, 0.2) is 40.5 Å². The number of rotatable bonds is 1. The molecule has 1 saturated heterocycles. The molecule has 0 radical (unpaired) electrons. The molecule has 4 aliphatic rings. The highest BCUT2D eigenvalue weighted by molar-refractivity contribution is 5.99. The topological polar surface area (TPSA) is 82.8 Å². The fourth-order valence-corrected chi connectivity index (χ4v) is 6.30. The van der Waals surface area contributed by atoms with E-state index in [1.165, 1.54) is 6.92 Å². The van der Waals surface area contributed by atoms with Crippen LogP contribution in [0.1, 0.15) is 55.1 Å². The summed E-state index contributed by atoms with van der Waals surface area (Å²) in [5, 5.41) is 0. The van der Waals surface area contributed by atoms with Crippen LogP contribution in [0.4, 0.5) is 0 Å². The third-order valence-corrected chi connectivity index (χ3v) is 7.32. The molecule has 6 nitrogen and oxygen atoms in total. The Morgan fingerprint density at radius 3 is 2.89 bits per heavy atom. The molecule has 3 aliphatic carbocycles. The summed E-state index contributed by atoms with van der Waals surface area (Å²) in [5.74, 6) is -0.194. The molecule has 1 aromatic rings. The summed E-state index contributed by atoms with van der Waals surface area (Å²) in [6.45, 7) is 7.88. The Labute approximate surface area is 162 Å². The van der Waals surface area contributed by atoms with E-state index in [0.29, 0.717) is 29.7 Å². The molecule has 5 unspecified atom stereocenters. The molecule has 6 heteroatoms. The summed E-state index contributed by atoms with van der Waals surface area (Å²) >= 11 is 0. The van der Waals surface area contributed by atoms with Crippen LogP contribution in [-0.2, 0) is 19.1 Å². The van der Waals surface area contributed by atoms with E-state index < -0.39 is 22.9 Å². The molecule has 0 aromatic carbocycles. The molecule has 146 valence electrons. The molecule has 1 spiro atoms. The maximum Gasteiger partial charge on any atom is 0.334 e. The molecule has 0 N–H and O–H groups in total. The SMILES string of the molecule is C=C1C(OC(C)=O)CC23COC(=O)C2=CCC2c4occc4C(=O)CC1(C)C23. The lowest BCUT2D eigenvalue weighted by Gasteiger charge is -2.57. The van der Waals surface area contributed by atoms with Gasteiger partial charge in [-0.1, -0.05) is 19.6 Å². The monoisotopic (exact) mass is 382 g/mol. The van der Waals surface area contributed by atoms with E-state index in [2.05, 4.69) is 6.58 Å². The molecule has 1 aliphatic heterocycles. The van der Waals surface area contributed by atoms with Gasteiger partial charge in [-0.25, -0.2) is 4.79 Å². The van der Waals surface area contributed by atoms with E-state index in [1.54, 1.807) is 12.3 Å². The van der Waals surface area contributed by atoms with Crippen molar-refractivity contribution in [2.24, 2.45) is 16.7 Å². The molecule has 2 fully saturated rings. The van der Waals surface area contributed by atoms with Crippen LogP contribution < -0.4 is 0 Å². The first-order chi connectivity index (χ1) is 13.3. The Balaban J connectivity index is 1.75. The van der Waals surface area contributed by atoms with Crippen molar-refractivity contribution in [3.8, 4) is 0 Å². The van der Waals surface area contributed by atoms with Crippen LogP contribution >= 0.6 is 0 Å². The fraction of sp³-hybridized carbons (Fsp3) is 0.500. The lowest BCUT2D eigenvalue weighted by Crippen LogP contribution is -2.56. The second-order valence-electron chi connectivity index (χ2n) is 8.71. The molecule has 1 saturated carbocycles. The molecular formula is C22H22O6. The van der Waals surface area contributed by atoms with Gasteiger partial charge in [0.25, 0.3) is 0 Å². The van der Waals surface area contributed by atoms with Gasteiger partial charge in [0.15, 0.2) is 5.78 Å². The molecular weight excluding hydrogens is 360 g/mol. The van der Waals surface area contributed by atoms with Crippen molar-refractivity contribution >= 4 is 17.7 Å². The van der Waals surface area contributed by atoms with Crippen molar-refractivity contribution in [3.05, 3.63) is 47.5 Å². The minimum absolute atomic E-state index is 0.00721. The highest BCUT2D eigenvalue weighted by atomic mass is 16.5. The highest BCUT2D eigenvalue weighted by Gasteiger charge is 2.67. The van der Waals surface area contributed by atoms with Crippen LogP contribution in [0, 0.1) is 16.7 Å². The Morgan fingerprint density at radius 2 is 2.14 bits per heavy atom. The van der Waals surface area contributed by atoms with Gasteiger partial charge in [-0.15, -0.1) is 0 Å². The predicted molar refractivity (Wildman–Crippen MR) is 97.4 cm³/mol. The first-order valence-corrected chi connectivity index (χ1v) is 9.63. The van der Waals surface area contributed by atoms with Crippen LogP contribution in [0.3, 0.4) is 0 Å². The van der Waals surface area contributed by atoms with Gasteiger partial charge < -0.3 is 13.9 Å². The van der Waals surface area contributed by atoms with Gasteiger partial charge in [-0.2, -0.15) is 0 Å². The predicted octanol–water partition coefficient (Wildman–Crippen LogP) is 3.34. The summed E-state index contributed by atoms with van der Waals surface area (Å²) in [6, 6.07) is 1.73. The Kier molecular flexibility index (Phi) is 3.41. The largest absolute Gasteiger partial charge is 0.468 e. The van der Waals surface area contributed by atoms with Crippen LogP contribution in [0.2, 0.25) is 0 Å². The van der Waals surface area contributed by atoms with Gasteiger partial charge in [0.2, 0.25) is 0 Å². The van der Waals surface area contributed by atoms with E-state index in [4.69, 9.17) is 13.9 Å². The number of fused-ring (bicyclic) bond motifs is 2. The zero-order valence-corrected chi connectivity index (χ0v) is 15.9. The zero-order chi connectivity index (χ0) is 19.8.